The summed E-state index contributed by atoms with van der Waals surface area (Å²) in [5.74, 6) is 0.144. The van der Waals surface area contributed by atoms with E-state index < -0.39 is 0 Å². The number of aliphatic hydroxyl groups excluding tert-OH is 1. The first-order chi connectivity index (χ1) is 13.9. The molecule has 0 aliphatic carbocycles. The van der Waals surface area contributed by atoms with Crippen molar-refractivity contribution >= 4 is 5.91 Å². The molecule has 2 fully saturated rings. The lowest BCUT2D eigenvalue weighted by atomic mass is 9.70. The Bertz CT molecular complexity index is 929. The number of carbonyl (C=O) groups is 1. The molecule has 4 rings (SSSR count). The molecule has 2 N–H and O–H groups in total. The molecule has 0 spiro atoms. The Kier molecular flexibility index (Phi) is 5.30. The van der Waals surface area contributed by atoms with E-state index >= 15 is 0 Å². The first-order valence-corrected chi connectivity index (χ1v) is 10.5. The maximum atomic E-state index is 13.2. The Balaban J connectivity index is 1.49. The molecule has 6 heteroatoms. The molecule has 29 heavy (non-hydrogen) atoms. The number of hydrogen-bond donors (Lipinski definition) is 2. The number of carbonyl (C=O) groups excluding carboxylic acids is 1. The van der Waals surface area contributed by atoms with E-state index in [-0.39, 0.29) is 35.7 Å². The number of aromatic amines is 1. The van der Waals surface area contributed by atoms with Crippen LogP contribution in [0.25, 0.3) is 0 Å². The van der Waals surface area contributed by atoms with Crippen LogP contribution in [-0.4, -0.2) is 44.6 Å². The van der Waals surface area contributed by atoms with E-state index in [1.54, 1.807) is 0 Å². The average molecular weight is 396 g/mol. The topological polar surface area (TPSA) is 86.3 Å². The van der Waals surface area contributed by atoms with Gasteiger partial charge >= 0.3 is 5.69 Å². The monoisotopic (exact) mass is 395 g/mol. The van der Waals surface area contributed by atoms with Crippen molar-refractivity contribution in [3.8, 4) is 0 Å². The molecule has 2 aliphatic heterocycles. The molecule has 2 saturated heterocycles. The number of fused-ring (bicyclic) bond motifs is 2. The molecule has 1 aromatic heterocycles. The van der Waals surface area contributed by atoms with Crippen LogP contribution < -0.4 is 5.69 Å². The lowest BCUT2D eigenvalue weighted by Gasteiger charge is -2.36. The summed E-state index contributed by atoms with van der Waals surface area (Å²) in [6.07, 6.45) is 4.62. The summed E-state index contributed by atoms with van der Waals surface area (Å²) in [7, 11) is 0. The number of benzene rings is 1. The summed E-state index contributed by atoms with van der Waals surface area (Å²) in [6.45, 7) is 3.78. The van der Waals surface area contributed by atoms with Gasteiger partial charge in [-0.1, -0.05) is 30.3 Å². The van der Waals surface area contributed by atoms with Gasteiger partial charge in [0.05, 0.1) is 6.61 Å². The van der Waals surface area contributed by atoms with Gasteiger partial charge < -0.3 is 15.0 Å². The van der Waals surface area contributed by atoms with Crippen LogP contribution in [0.2, 0.25) is 0 Å². The molecule has 0 unspecified atom stereocenters. The number of nitrogens with zero attached hydrogens (tertiary/aromatic N) is 2. The lowest BCUT2D eigenvalue weighted by Crippen LogP contribution is -2.44. The van der Waals surface area contributed by atoms with Gasteiger partial charge in [0, 0.05) is 35.3 Å². The van der Waals surface area contributed by atoms with Gasteiger partial charge in [0.2, 0.25) is 5.91 Å². The van der Waals surface area contributed by atoms with Crippen molar-refractivity contribution in [3.05, 3.63) is 63.3 Å². The number of hydrogen-bond acceptors (Lipinski definition) is 4. The molecule has 1 amide bonds. The standard InChI is InChI=1S/C23H29N3O3/c1-15-19(16(2)25-22(29)24-15)9-11-21(28)26-18-8-10-20(26)23(13-18,14-27)12-17-6-4-3-5-7-17/h3-7,18,20,27H,8-14H2,1-2H3,(H,24,25,29)/t18-,20+,23-/m1/s1. The molecular formula is C23H29N3O3. The van der Waals surface area contributed by atoms with E-state index in [0.29, 0.717) is 18.5 Å². The number of amides is 1. The molecule has 3 atom stereocenters. The van der Waals surface area contributed by atoms with Gasteiger partial charge in [-0.3, -0.25) is 4.79 Å². The zero-order valence-corrected chi connectivity index (χ0v) is 17.1. The number of rotatable bonds is 6. The molecule has 3 heterocycles. The van der Waals surface area contributed by atoms with E-state index in [1.165, 1.54) is 5.56 Å². The molecular weight excluding hydrogens is 366 g/mol. The van der Waals surface area contributed by atoms with Crippen LogP contribution >= 0.6 is 0 Å². The summed E-state index contributed by atoms with van der Waals surface area (Å²) >= 11 is 0. The summed E-state index contributed by atoms with van der Waals surface area (Å²) in [5, 5.41) is 10.3. The highest BCUT2D eigenvalue weighted by Gasteiger charge is 2.56. The van der Waals surface area contributed by atoms with Crippen LogP contribution in [0.4, 0.5) is 0 Å². The van der Waals surface area contributed by atoms with Crippen molar-refractivity contribution < 1.29 is 9.90 Å². The zero-order chi connectivity index (χ0) is 20.6. The minimum atomic E-state index is -0.346. The molecule has 0 radical (unpaired) electrons. The maximum absolute atomic E-state index is 13.2. The summed E-state index contributed by atoms with van der Waals surface area (Å²) in [4.78, 5) is 33.4. The van der Waals surface area contributed by atoms with Crippen molar-refractivity contribution in [2.75, 3.05) is 6.61 Å². The van der Waals surface area contributed by atoms with Crippen LogP contribution in [0.15, 0.2) is 35.1 Å². The minimum absolute atomic E-state index is 0.0982. The molecule has 6 nitrogen and oxygen atoms in total. The van der Waals surface area contributed by atoms with Gasteiger partial charge in [0.25, 0.3) is 0 Å². The summed E-state index contributed by atoms with van der Waals surface area (Å²) in [6, 6.07) is 10.6. The van der Waals surface area contributed by atoms with E-state index in [4.69, 9.17) is 0 Å². The Hall–Kier alpha value is -2.47. The van der Waals surface area contributed by atoms with Gasteiger partial charge in [-0.2, -0.15) is 4.98 Å². The average Bonchev–Trinajstić information content (AvgIpc) is 3.24. The fourth-order valence-electron chi connectivity index (χ4n) is 5.57. The second kappa shape index (κ2) is 7.75. The Morgan fingerprint density at radius 2 is 2.03 bits per heavy atom. The van der Waals surface area contributed by atoms with Crippen LogP contribution in [0.5, 0.6) is 0 Å². The largest absolute Gasteiger partial charge is 0.396 e. The second-order valence-corrected chi connectivity index (χ2v) is 8.67. The number of H-pyrrole nitrogens is 1. The summed E-state index contributed by atoms with van der Waals surface area (Å²) < 4.78 is 0. The van der Waals surface area contributed by atoms with Crippen molar-refractivity contribution in [1.82, 2.24) is 14.9 Å². The van der Waals surface area contributed by atoms with Crippen molar-refractivity contribution in [2.24, 2.45) is 5.41 Å². The summed E-state index contributed by atoms with van der Waals surface area (Å²) in [5.41, 5.74) is 3.05. The zero-order valence-electron chi connectivity index (χ0n) is 17.1. The van der Waals surface area contributed by atoms with Crippen LogP contribution in [0, 0.1) is 19.3 Å². The highest BCUT2D eigenvalue weighted by atomic mass is 16.3. The Morgan fingerprint density at radius 1 is 1.28 bits per heavy atom. The molecule has 2 aliphatic rings. The Morgan fingerprint density at radius 3 is 2.72 bits per heavy atom. The van der Waals surface area contributed by atoms with Crippen molar-refractivity contribution in [2.45, 2.75) is 64.5 Å². The first kappa shape index (κ1) is 19.8. The third kappa shape index (κ3) is 3.62. The van der Waals surface area contributed by atoms with E-state index in [2.05, 4.69) is 27.0 Å². The molecule has 0 saturated carbocycles. The quantitative estimate of drug-likeness (QED) is 0.786. The van der Waals surface area contributed by atoms with Crippen LogP contribution in [0.1, 0.15) is 48.2 Å². The predicted molar refractivity (Wildman–Crippen MR) is 111 cm³/mol. The van der Waals surface area contributed by atoms with Crippen molar-refractivity contribution in [3.63, 3.8) is 0 Å². The van der Waals surface area contributed by atoms with Gasteiger partial charge in [-0.25, -0.2) is 4.79 Å². The number of aryl methyl sites for hydroxylation is 2. The number of aliphatic hydroxyl groups is 1. The molecule has 1 aromatic carbocycles. The third-order valence-electron chi connectivity index (χ3n) is 6.90. The minimum Gasteiger partial charge on any atom is -0.396 e. The fourth-order valence-corrected chi connectivity index (χ4v) is 5.57. The predicted octanol–water partition coefficient (Wildman–Crippen LogP) is 2.30. The number of nitrogens with one attached hydrogen (secondary N) is 1. The van der Waals surface area contributed by atoms with Gasteiger partial charge in [0.15, 0.2) is 0 Å². The van der Waals surface area contributed by atoms with E-state index in [1.807, 2.05) is 32.0 Å². The van der Waals surface area contributed by atoms with Gasteiger partial charge in [-0.15, -0.1) is 0 Å². The van der Waals surface area contributed by atoms with Crippen molar-refractivity contribution in [1.29, 1.82) is 0 Å². The van der Waals surface area contributed by atoms with Crippen LogP contribution in [-0.2, 0) is 17.6 Å². The molecule has 2 aromatic rings. The molecule has 154 valence electrons. The van der Waals surface area contributed by atoms with E-state index in [0.717, 1.165) is 36.9 Å². The highest BCUT2D eigenvalue weighted by Crippen LogP contribution is 2.51. The van der Waals surface area contributed by atoms with Crippen LogP contribution in [0.3, 0.4) is 0 Å². The lowest BCUT2D eigenvalue weighted by molar-refractivity contribution is -0.133. The number of aromatic nitrogens is 2. The second-order valence-electron chi connectivity index (χ2n) is 8.67. The third-order valence-corrected chi connectivity index (χ3v) is 6.90. The highest BCUT2D eigenvalue weighted by molar-refractivity contribution is 5.78. The van der Waals surface area contributed by atoms with E-state index in [9.17, 15) is 14.7 Å². The fraction of sp³-hybridized carbons (Fsp3) is 0.522. The first-order valence-electron chi connectivity index (χ1n) is 10.5. The van der Waals surface area contributed by atoms with Gasteiger partial charge in [-0.05, 0) is 57.1 Å². The smallest absolute Gasteiger partial charge is 0.345 e. The maximum Gasteiger partial charge on any atom is 0.345 e. The molecule has 2 bridgehead atoms. The van der Waals surface area contributed by atoms with Gasteiger partial charge in [0.1, 0.15) is 0 Å². The Labute approximate surface area is 171 Å². The SMILES string of the molecule is Cc1nc(=O)[nH]c(C)c1CCC(=O)N1[C@@H]2CC[C@H]1[C@](CO)(Cc1ccccc1)C2. The normalized spacial score (nSPS) is 25.6.